The summed E-state index contributed by atoms with van der Waals surface area (Å²) < 4.78 is 7.38. The molecule has 1 aromatic heterocycles. The van der Waals surface area contributed by atoms with Crippen molar-refractivity contribution in [1.82, 2.24) is 19.6 Å². The van der Waals surface area contributed by atoms with Gasteiger partial charge in [0.05, 0.1) is 24.5 Å². The average molecular weight is 466 g/mol. The number of carbonyl (C=O) groups excluding carboxylic acids is 2. The van der Waals surface area contributed by atoms with Crippen LogP contribution in [0.5, 0.6) is 0 Å². The summed E-state index contributed by atoms with van der Waals surface area (Å²) >= 11 is 0. The first-order chi connectivity index (χ1) is 16.6. The van der Waals surface area contributed by atoms with Gasteiger partial charge in [0.15, 0.2) is 0 Å². The highest BCUT2D eigenvalue weighted by Crippen LogP contribution is 2.45. The number of carbonyl (C=O) groups is 2. The summed E-state index contributed by atoms with van der Waals surface area (Å²) in [6, 6.07) is 10.3. The monoisotopic (exact) mass is 465 g/mol. The van der Waals surface area contributed by atoms with E-state index in [1.54, 1.807) is 4.90 Å². The standard InChI is InChI=1S/C26H35N5O3/c1-2-3-16-34-26(33)30-14-12-29(13-15-30)18-25(32)27-21-8-10-22(11-9-21)31-24(20-6-7-20)17-23(28-31)19-4-5-19/h8-11,17,19-20H,2-7,12-16,18H2,1H3,(H,27,32). The van der Waals surface area contributed by atoms with E-state index in [1.807, 2.05) is 24.3 Å². The van der Waals surface area contributed by atoms with Crippen molar-refractivity contribution in [2.24, 2.45) is 0 Å². The van der Waals surface area contributed by atoms with Crippen molar-refractivity contribution in [3.63, 3.8) is 0 Å². The van der Waals surface area contributed by atoms with Gasteiger partial charge >= 0.3 is 6.09 Å². The molecular formula is C26H35N5O3. The number of benzene rings is 1. The minimum Gasteiger partial charge on any atom is -0.449 e. The van der Waals surface area contributed by atoms with E-state index in [0.717, 1.165) is 24.2 Å². The molecule has 0 radical (unpaired) electrons. The van der Waals surface area contributed by atoms with Crippen LogP contribution in [0.3, 0.4) is 0 Å². The number of amides is 2. The third kappa shape index (κ3) is 5.60. The van der Waals surface area contributed by atoms with Crippen LogP contribution in [0, 0.1) is 0 Å². The number of nitrogens with one attached hydrogen (secondary N) is 1. The molecule has 5 rings (SSSR count). The van der Waals surface area contributed by atoms with Crippen molar-refractivity contribution >= 4 is 17.7 Å². The predicted molar refractivity (Wildman–Crippen MR) is 130 cm³/mol. The van der Waals surface area contributed by atoms with E-state index < -0.39 is 0 Å². The Morgan fingerprint density at radius 1 is 1.03 bits per heavy atom. The van der Waals surface area contributed by atoms with Crippen LogP contribution in [0.1, 0.15) is 68.7 Å². The minimum atomic E-state index is -0.246. The van der Waals surface area contributed by atoms with Crippen molar-refractivity contribution in [2.45, 2.75) is 57.3 Å². The molecule has 0 atom stereocenters. The summed E-state index contributed by atoms with van der Waals surface area (Å²) in [5, 5.41) is 7.90. The summed E-state index contributed by atoms with van der Waals surface area (Å²) in [5.74, 6) is 1.24. The van der Waals surface area contributed by atoms with E-state index in [9.17, 15) is 9.59 Å². The first-order valence-corrected chi connectivity index (χ1v) is 12.7. The van der Waals surface area contributed by atoms with E-state index in [2.05, 4.69) is 27.9 Å². The molecule has 2 aliphatic carbocycles. The Hall–Kier alpha value is -2.87. The zero-order valence-electron chi connectivity index (χ0n) is 20.0. The zero-order chi connectivity index (χ0) is 23.5. The lowest BCUT2D eigenvalue weighted by atomic mass is 10.2. The molecule has 2 saturated carbocycles. The number of anilines is 1. The average Bonchev–Trinajstić information content (AvgIpc) is 3.78. The predicted octanol–water partition coefficient (Wildman–Crippen LogP) is 4.12. The van der Waals surface area contributed by atoms with E-state index in [4.69, 9.17) is 9.84 Å². The molecule has 2 heterocycles. The van der Waals surface area contributed by atoms with Crippen molar-refractivity contribution in [3.8, 4) is 5.69 Å². The van der Waals surface area contributed by atoms with Crippen LogP contribution in [0.25, 0.3) is 5.69 Å². The molecule has 3 aliphatic rings. The molecular weight excluding hydrogens is 430 g/mol. The van der Waals surface area contributed by atoms with Crippen molar-refractivity contribution in [3.05, 3.63) is 41.7 Å². The highest BCUT2D eigenvalue weighted by molar-refractivity contribution is 5.92. The maximum atomic E-state index is 12.6. The summed E-state index contributed by atoms with van der Waals surface area (Å²) in [5.41, 5.74) is 4.39. The third-order valence-electron chi connectivity index (χ3n) is 6.86. The molecule has 182 valence electrons. The number of ether oxygens (including phenoxy) is 1. The van der Waals surface area contributed by atoms with Crippen LogP contribution in [0.2, 0.25) is 0 Å². The normalized spacial score (nSPS) is 18.7. The second-order valence-electron chi connectivity index (χ2n) is 9.78. The highest BCUT2D eigenvalue weighted by Gasteiger charge is 2.33. The molecule has 3 fully saturated rings. The second-order valence-corrected chi connectivity index (χ2v) is 9.78. The van der Waals surface area contributed by atoms with Crippen LogP contribution in [0.4, 0.5) is 10.5 Å². The molecule has 0 bridgehead atoms. The number of piperazine rings is 1. The summed E-state index contributed by atoms with van der Waals surface area (Å²) in [6.07, 6.45) is 6.65. The van der Waals surface area contributed by atoms with Gasteiger partial charge in [0.1, 0.15) is 0 Å². The van der Waals surface area contributed by atoms with Gasteiger partial charge in [-0.05, 0) is 62.4 Å². The van der Waals surface area contributed by atoms with Gasteiger partial charge in [-0.3, -0.25) is 9.69 Å². The van der Waals surface area contributed by atoms with Crippen LogP contribution >= 0.6 is 0 Å². The fourth-order valence-electron chi connectivity index (χ4n) is 4.44. The van der Waals surface area contributed by atoms with Gasteiger partial charge in [-0.2, -0.15) is 5.10 Å². The van der Waals surface area contributed by atoms with Crippen molar-refractivity contribution in [2.75, 3.05) is 44.6 Å². The number of unbranched alkanes of at least 4 members (excludes halogenated alkanes) is 1. The lowest BCUT2D eigenvalue weighted by Gasteiger charge is -2.33. The Morgan fingerprint density at radius 2 is 1.74 bits per heavy atom. The molecule has 2 amide bonds. The highest BCUT2D eigenvalue weighted by atomic mass is 16.6. The fourth-order valence-corrected chi connectivity index (χ4v) is 4.44. The molecule has 34 heavy (non-hydrogen) atoms. The molecule has 8 heteroatoms. The smallest absolute Gasteiger partial charge is 0.409 e. The summed E-state index contributed by atoms with van der Waals surface area (Å²) in [4.78, 5) is 28.5. The van der Waals surface area contributed by atoms with Gasteiger partial charge in [0.25, 0.3) is 0 Å². The van der Waals surface area contributed by atoms with Crippen LogP contribution in [0.15, 0.2) is 30.3 Å². The molecule has 1 aliphatic heterocycles. The van der Waals surface area contributed by atoms with Gasteiger partial charge in [-0.1, -0.05) is 13.3 Å². The molecule has 0 unspecified atom stereocenters. The van der Waals surface area contributed by atoms with Gasteiger partial charge in [-0.15, -0.1) is 0 Å². The molecule has 8 nitrogen and oxygen atoms in total. The van der Waals surface area contributed by atoms with Crippen LogP contribution < -0.4 is 5.32 Å². The van der Waals surface area contributed by atoms with Gasteiger partial charge in [0.2, 0.25) is 5.91 Å². The number of hydrogen-bond donors (Lipinski definition) is 1. The Bertz CT molecular complexity index is 1000. The van der Waals surface area contributed by atoms with Crippen molar-refractivity contribution < 1.29 is 14.3 Å². The summed E-state index contributed by atoms with van der Waals surface area (Å²) in [7, 11) is 0. The van der Waals surface area contributed by atoms with Crippen molar-refractivity contribution in [1.29, 1.82) is 0 Å². The van der Waals surface area contributed by atoms with Crippen LogP contribution in [-0.4, -0.2) is 70.9 Å². The Kier molecular flexibility index (Phi) is 6.85. The van der Waals surface area contributed by atoms with E-state index in [-0.39, 0.29) is 12.0 Å². The number of rotatable bonds is 9. The maximum Gasteiger partial charge on any atom is 0.409 e. The first-order valence-electron chi connectivity index (χ1n) is 12.7. The topological polar surface area (TPSA) is 79.7 Å². The molecule has 1 N–H and O–H groups in total. The number of nitrogens with zero attached hydrogens (tertiary/aromatic N) is 4. The molecule has 2 aromatic rings. The molecule has 1 saturated heterocycles. The van der Waals surface area contributed by atoms with Gasteiger partial charge < -0.3 is 15.0 Å². The zero-order valence-corrected chi connectivity index (χ0v) is 20.0. The van der Waals surface area contributed by atoms with Gasteiger partial charge in [-0.25, -0.2) is 9.48 Å². The first kappa shape index (κ1) is 22.9. The van der Waals surface area contributed by atoms with E-state index in [1.165, 1.54) is 37.1 Å². The SMILES string of the molecule is CCCCOC(=O)N1CCN(CC(=O)Nc2ccc(-n3nc(C4CC4)cc3C3CC3)cc2)CC1. The Morgan fingerprint density at radius 3 is 2.38 bits per heavy atom. The summed E-state index contributed by atoms with van der Waals surface area (Å²) in [6.45, 7) is 5.37. The second kappa shape index (κ2) is 10.2. The number of aromatic nitrogens is 2. The van der Waals surface area contributed by atoms with E-state index >= 15 is 0 Å². The lowest BCUT2D eigenvalue weighted by Crippen LogP contribution is -2.50. The molecule has 1 aromatic carbocycles. The maximum absolute atomic E-state index is 12.6. The van der Waals surface area contributed by atoms with Crippen LogP contribution in [-0.2, 0) is 9.53 Å². The number of hydrogen-bond acceptors (Lipinski definition) is 5. The van der Waals surface area contributed by atoms with Gasteiger partial charge in [0, 0.05) is 49.4 Å². The quantitative estimate of drug-likeness (QED) is 0.564. The lowest BCUT2D eigenvalue weighted by molar-refractivity contribution is -0.117. The third-order valence-corrected chi connectivity index (χ3v) is 6.86. The molecule has 0 spiro atoms. The van der Waals surface area contributed by atoms with E-state index in [0.29, 0.717) is 51.2 Å². The fraction of sp³-hybridized carbons (Fsp3) is 0.577. The minimum absolute atomic E-state index is 0.0412. The Balaban J connectivity index is 1.11. The largest absolute Gasteiger partial charge is 0.449 e. The Labute approximate surface area is 201 Å².